The number of benzene rings is 3. The van der Waals surface area contributed by atoms with Crippen molar-refractivity contribution >= 4 is 35.2 Å². The smallest absolute Gasteiger partial charge is 0.358 e. The lowest BCUT2D eigenvalue weighted by molar-refractivity contribution is 0.0386. The zero-order valence-corrected chi connectivity index (χ0v) is 26.5. The molecule has 2 aliphatic heterocycles. The van der Waals surface area contributed by atoms with Crippen LogP contribution in [-0.2, 0) is 22.6 Å². The molecular formula is C36H27ClN6O5. The second-order valence-electron chi connectivity index (χ2n) is 11.2. The van der Waals surface area contributed by atoms with Gasteiger partial charge < -0.3 is 14.4 Å². The average Bonchev–Trinajstić information content (AvgIpc) is 3.66. The maximum absolute atomic E-state index is 13.2. The van der Waals surface area contributed by atoms with E-state index in [4.69, 9.17) is 32.5 Å². The molecule has 0 aliphatic carbocycles. The first kappa shape index (κ1) is 30.7. The van der Waals surface area contributed by atoms with Gasteiger partial charge in [-0.2, -0.15) is 0 Å². The number of aliphatic imine (C=N–C) groups is 1. The number of imidazole rings is 2. The van der Waals surface area contributed by atoms with Crippen LogP contribution in [0.2, 0.25) is 5.02 Å². The molecule has 0 bridgehead atoms. The fourth-order valence-electron chi connectivity index (χ4n) is 5.83. The highest BCUT2D eigenvalue weighted by Gasteiger charge is 2.30. The Hall–Kier alpha value is -5.99. The molecule has 2 aliphatic rings. The van der Waals surface area contributed by atoms with Crippen molar-refractivity contribution in [2.45, 2.75) is 19.5 Å². The van der Waals surface area contributed by atoms with Crippen LogP contribution in [-0.4, -0.2) is 67.8 Å². The molecule has 0 saturated heterocycles. The summed E-state index contributed by atoms with van der Waals surface area (Å²) in [4.78, 5) is 54.1. The highest BCUT2D eigenvalue weighted by atomic mass is 35.5. The highest BCUT2D eigenvalue weighted by molar-refractivity contribution is 6.31. The molecule has 5 aromatic rings. The minimum absolute atomic E-state index is 0.00820. The molecule has 238 valence electrons. The predicted molar refractivity (Wildman–Crippen MR) is 177 cm³/mol. The molecule has 0 unspecified atom stereocenters. The number of fused-ring (bicyclic) bond motifs is 6. The summed E-state index contributed by atoms with van der Waals surface area (Å²) in [6, 6.07) is 20.4. The summed E-state index contributed by atoms with van der Waals surface area (Å²) in [5.41, 5.74) is 6.34. The fourth-order valence-corrected chi connectivity index (χ4v) is 6.00. The Morgan fingerprint density at radius 1 is 0.875 bits per heavy atom. The Labute approximate surface area is 280 Å². The SMILES string of the molecule is C#Cc1ccc2c(c1)C(c1ccccc1)=NCc1c(C(=O)OCCCOC(=O)c3ncn4c3CN(C)C(=O)c3cc(Cl)ccc3-4)ncn1-2. The topological polar surface area (TPSA) is 121 Å². The van der Waals surface area contributed by atoms with Crippen molar-refractivity contribution in [1.82, 2.24) is 24.0 Å². The molecule has 0 atom stereocenters. The van der Waals surface area contributed by atoms with Crippen molar-refractivity contribution in [2.24, 2.45) is 4.99 Å². The summed E-state index contributed by atoms with van der Waals surface area (Å²) >= 11 is 6.13. The van der Waals surface area contributed by atoms with Crippen LogP contribution in [0.4, 0.5) is 0 Å². The van der Waals surface area contributed by atoms with Crippen LogP contribution in [0.15, 0.2) is 84.4 Å². The molecule has 12 heteroatoms. The van der Waals surface area contributed by atoms with Crippen LogP contribution in [0.1, 0.15) is 65.8 Å². The Bertz CT molecular complexity index is 2180. The zero-order valence-electron chi connectivity index (χ0n) is 25.7. The van der Waals surface area contributed by atoms with Crippen LogP contribution in [0.25, 0.3) is 11.4 Å². The molecular weight excluding hydrogens is 632 g/mol. The number of aromatic nitrogens is 4. The molecule has 1 amide bonds. The van der Waals surface area contributed by atoms with Gasteiger partial charge in [0.15, 0.2) is 11.4 Å². The fraction of sp³-hybridized carbons (Fsp3) is 0.167. The van der Waals surface area contributed by atoms with Gasteiger partial charge in [0, 0.05) is 35.2 Å². The molecule has 7 rings (SSSR count). The molecule has 2 aromatic heterocycles. The first-order chi connectivity index (χ1) is 23.3. The number of carbonyl (C=O) groups excluding carboxylic acids is 3. The third-order valence-corrected chi connectivity index (χ3v) is 8.40. The van der Waals surface area contributed by atoms with Gasteiger partial charge in [0.1, 0.15) is 12.7 Å². The second kappa shape index (κ2) is 12.7. The number of hydrogen-bond donors (Lipinski definition) is 0. The van der Waals surface area contributed by atoms with Crippen molar-refractivity contribution in [3.63, 3.8) is 0 Å². The van der Waals surface area contributed by atoms with Crippen LogP contribution in [0.5, 0.6) is 0 Å². The van der Waals surface area contributed by atoms with Crippen molar-refractivity contribution in [2.75, 3.05) is 20.3 Å². The maximum Gasteiger partial charge on any atom is 0.358 e. The molecule has 48 heavy (non-hydrogen) atoms. The quantitative estimate of drug-likeness (QED) is 0.137. The monoisotopic (exact) mass is 658 g/mol. The summed E-state index contributed by atoms with van der Waals surface area (Å²) in [6.07, 6.45) is 9.01. The molecule has 0 radical (unpaired) electrons. The standard InChI is InChI=1S/C36H27ClN6O5/c1-3-22-10-12-27-25(16-22)31(23-8-5-4-6-9-23)38-18-29-32(39-20-42(27)29)35(45)47-14-7-15-48-36(46)33-30-19-41(2)34(44)26-17-24(37)11-13-28(26)43(30)21-40-33/h1,4-6,8-13,16-17,20-21H,7,14-15,18-19H2,2H3. The normalized spacial score (nSPS) is 13.1. The summed E-state index contributed by atoms with van der Waals surface area (Å²) in [6.45, 7) is 0.316. The Kier molecular flexibility index (Phi) is 8.08. The minimum atomic E-state index is -0.647. The van der Waals surface area contributed by atoms with E-state index in [0.29, 0.717) is 33.2 Å². The van der Waals surface area contributed by atoms with Gasteiger partial charge in [0.25, 0.3) is 5.91 Å². The lowest BCUT2D eigenvalue weighted by Gasteiger charge is -2.14. The largest absolute Gasteiger partial charge is 0.461 e. The van der Waals surface area contributed by atoms with E-state index in [1.165, 1.54) is 11.2 Å². The zero-order chi connectivity index (χ0) is 33.4. The number of halogens is 1. The summed E-state index contributed by atoms with van der Waals surface area (Å²) in [5.74, 6) is 1.20. The van der Waals surface area contributed by atoms with E-state index >= 15 is 0 Å². The Morgan fingerprint density at radius 2 is 1.52 bits per heavy atom. The van der Waals surface area contributed by atoms with Gasteiger partial charge in [-0.15, -0.1) is 6.42 Å². The number of hydrogen-bond acceptors (Lipinski definition) is 8. The molecule has 0 fully saturated rings. The number of rotatable bonds is 7. The van der Waals surface area contributed by atoms with Gasteiger partial charge >= 0.3 is 11.9 Å². The van der Waals surface area contributed by atoms with Gasteiger partial charge in [-0.3, -0.25) is 18.9 Å². The van der Waals surface area contributed by atoms with Gasteiger partial charge in [-0.25, -0.2) is 19.6 Å². The number of amides is 1. The van der Waals surface area contributed by atoms with Crippen LogP contribution in [0.3, 0.4) is 0 Å². The van der Waals surface area contributed by atoms with Crippen LogP contribution < -0.4 is 0 Å². The minimum Gasteiger partial charge on any atom is -0.461 e. The van der Waals surface area contributed by atoms with Crippen LogP contribution in [0, 0.1) is 12.3 Å². The van der Waals surface area contributed by atoms with Gasteiger partial charge in [-0.05, 0) is 36.4 Å². The summed E-state index contributed by atoms with van der Waals surface area (Å²) < 4.78 is 14.5. The third-order valence-electron chi connectivity index (χ3n) is 8.17. The molecule has 0 saturated carbocycles. The maximum atomic E-state index is 13.2. The number of nitrogens with zero attached hydrogens (tertiary/aromatic N) is 6. The first-order valence-electron chi connectivity index (χ1n) is 15.1. The van der Waals surface area contributed by atoms with Crippen molar-refractivity contribution in [1.29, 1.82) is 0 Å². The second-order valence-corrected chi connectivity index (χ2v) is 11.6. The van der Waals surface area contributed by atoms with E-state index in [9.17, 15) is 14.4 Å². The van der Waals surface area contributed by atoms with E-state index in [0.717, 1.165) is 22.5 Å². The van der Waals surface area contributed by atoms with E-state index in [1.807, 2.05) is 53.1 Å². The number of carbonyl (C=O) groups is 3. The van der Waals surface area contributed by atoms with E-state index in [-0.39, 0.29) is 50.0 Å². The van der Waals surface area contributed by atoms with Crippen LogP contribution >= 0.6 is 11.6 Å². The van der Waals surface area contributed by atoms with E-state index in [2.05, 4.69) is 15.9 Å². The predicted octanol–water partition coefficient (Wildman–Crippen LogP) is 5.03. The summed E-state index contributed by atoms with van der Waals surface area (Å²) in [7, 11) is 1.64. The van der Waals surface area contributed by atoms with E-state index in [1.54, 1.807) is 36.1 Å². The Morgan fingerprint density at radius 3 is 2.23 bits per heavy atom. The van der Waals surface area contributed by atoms with Crippen molar-refractivity contribution in [3.05, 3.63) is 129 Å². The average molecular weight is 659 g/mol. The number of esters is 2. The van der Waals surface area contributed by atoms with Crippen molar-refractivity contribution in [3.8, 4) is 23.7 Å². The lowest BCUT2D eigenvalue weighted by atomic mass is 9.98. The molecule has 4 heterocycles. The van der Waals surface area contributed by atoms with Gasteiger partial charge in [0.2, 0.25) is 0 Å². The van der Waals surface area contributed by atoms with E-state index < -0.39 is 11.9 Å². The van der Waals surface area contributed by atoms with Gasteiger partial charge in [-0.1, -0.05) is 47.9 Å². The summed E-state index contributed by atoms with van der Waals surface area (Å²) in [5, 5.41) is 0.429. The van der Waals surface area contributed by atoms with Gasteiger partial charge in [0.05, 0.1) is 60.3 Å². The third kappa shape index (κ3) is 5.52. The van der Waals surface area contributed by atoms with Crippen molar-refractivity contribution < 1.29 is 23.9 Å². The number of terminal acetylenes is 1. The molecule has 0 spiro atoms. The number of ether oxygens (including phenoxy) is 2. The molecule has 0 N–H and O–H groups in total. The first-order valence-corrected chi connectivity index (χ1v) is 15.4. The highest BCUT2D eigenvalue weighted by Crippen LogP contribution is 2.29. The molecule has 11 nitrogen and oxygen atoms in total. The Balaban J connectivity index is 1.01. The lowest BCUT2D eigenvalue weighted by Crippen LogP contribution is -2.26. The molecule has 3 aromatic carbocycles.